The number of hydrogen-bond donors (Lipinski definition) is 6. The predicted molar refractivity (Wildman–Crippen MR) is 123 cm³/mol. The second-order valence-electron chi connectivity index (χ2n) is 4.86. The van der Waals surface area contributed by atoms with Crippen molar-refractivity contribution in [2.75, 3.05) is 17.2 Å². The highest BCUT2D eigenvalue weighted by atomic mass is 127. The molecule has 0 saturated carbocycles. The minimum absolute atomic E-state index is 0.0547. The number of anilines is 2. The maximum Gasteiger partial charge on any atom is 0.338 e. The van der Waals surface area contributed by atoms with Crippen molar-refractivity contribution in [2.24, 2.45) is 5.73 Å². The third kappa shape index (κ3) is 8.00. The number of nitrogens with two attached hydrogens (primary N) is 1. The average molecular weight is 719 g/mol. The Morgan fingerprint density at radius 1 is 0.926 bits per heavy atom. The Bertz CT molecular complexity index is 728. The lowest BCUT2D eigenvalue weighted by molar-refractivity contribution is -0.139. The van der Waals surface area contributed by atoms with E-state index in [1.807, 2.05) is 67.8 Å². The van der Waals surface area contributed by atoms with Crippen molar-refractivity contribution >= 4 is 103 Å². The van der Waals surface area contributed by atoms with Crippen molar-refractivity contribution in [3.63, 3.8) is 0 Å². The van der Waals surface area contributed by atoms with Gasteiger partial charge in [-0.15, -0.1) is 0 Å². The van der Waals surface area contributed by atoms with Gasteiger partial charge in [0.15, 0.2) is 0 Å². The van der Waals surface area contributed by atoms with Gasteiger partial charge >= 0.3 is 11.9 Å². The molecule has 1 aromatic rings. The molecule has 150 valence electrons. The molecule has 0 heterocycles. The molecule has 0 aromatic heterocycles. The Morgan fingerprint density at radius 2 is 1.30 bits per heavy atom. The number of aliphatic hydroxyl groups is 1. The summed E-state index contributed by atoms with van der Waals surface area (Å²) in [6.45, 7) is 2.17. The molecule has 27 heavy (non-hydrogen) atoms. The van der Waals surface area contributed by atoms with Gasteiger partial charge in [-0.3, -0.25) is 14.4 Å². The summed E-state index contributed by atoms with van der Waals surface area (Å²) >= 11 is 5.71. The van der Waals surface area contributed by atoms with Crippen molar-refractivity contribution < 1.29 is 34.5 Å². The van der Waals surface area contributed by atoms with E-state index in [9.17, 15) is 24.3 Å². The van der Waals surface area contributed by atoms with Crippen LogP contribution >= 0.6 is 67.8 Å². The number of carbonyl (C=O) groups is 4. The van der Waals surface area contributed by atoms with Crippen molar-refractivity contribution in [3.8, 4) is 0 Å². The molecule has 10 nitrogen and oxygen atoms in total. The van der Waals surface area contributed by atoms with Gasteiger partial charge in [-0.05, 0) is 67.8 Å². The number of carboxylic acids is 2. The Kier molecular flexibility index (Phi) is 11.6. The molecule has 7 N–H and O–H groups in total. The summed E-state index contributed by atoms with van der Waals surface area (Å²) in [6.07, 6.45) is 0. The first-order valence-electron chi connectivity index (χ1n) is 6.93. The summed E-state index contributed by atoms with van der Waals surface area (Å²) < 4.78 is 1.44. The molecule has 0 radical (unpaired) electrons. The lowest BCUT2D eigenvalue weighted by atomic mass is 10.1. The van der Waals surface area contributed by atoms with Crippen LogP contribution in [0.5, 0.6) is 0 Å². The van der Waals surface area contributed by atoms with Crippen LogP contribution in [0.1, 0.15) is 24.2 Å². The van der Waals surface area contributed by atoms with E-state index >= 15 is 0 Å². The van der Waals surface area contributed by atoms with Crippen LogP contribution in [-0.4, -0.2) is 51.7 Å². The zero-order chi connectivity index (χ0) is 21.5. The minimum atomic E-state index is -1.18. The number of aliphatic hydroxyl groups excluding tert-OH is 1. The molecule has 0 saturated heterocycles. The van der Waals surface area contributed by atoms with Crippen LogP contribution < -0.4 is 16.4 Å². The van der Waals surface area contributed by atoms with Crippen LogP contribution in [0.3, 0.4) is 0 Å². The van der Waals surface area contributed by atoms with Gasteiger partial charge in [0.1, 0.15) is 6.04 Å². The fourth-order valence-electron chi connectivity index (χ4n) is 1.50. The van der Waals surface area contributed by atoms with Crippen molar-refractivity contribution in [2.45, 2.75) is 19.9 Å². The van der Waals surface area contributed by atoms with Crippen LogP contribution in [0.15, 0.2) is 0 Å². The van der Waals surface area contributed by atoms with Gasteiger partial charge < -0.3 is 31.7 Å². The number of aliphatic carboxylic acids is 1. The van der Waals surface area contributed by atoms with Gasteiger partial charge in [-0.2, -0.15) is 0 Å². The van der Waals surface area contributed by atoms with E-state index in [4.69, 9.17) is 15.9 Å². The molecule has 0 aliphatic carbocycles. The van der Waals surface area contributed by atoms with Crippen LogP contribution in [0.2, 0.25) is 0 Å². The number of carbonyl (C=O) groups excluding carboxylic acids is 2. The number of benzene rings is 1. The molecular weight excluding hydrogens is 703 g/mol. The smallest absolute Gasteiger partial charge is 0.338 e. The van der Waals surface area contributed by atoms with Crippen molar-refractivity contribution in [1.29, 1.82) is 0 Å². The number of amides is 2. The summed E-state index contributed by atoms with van der Waals surface area (Å²) in [7, 11) is 0. The third-order valence-corrected chi connectivity index (χ3v) is 5.88. The highest BCUT2D eigenvalue weighted by molar-refractivity contribution is 14.1. The average Bonchev–Trinajstić information content (AvgIpc) is 2.54. The molecule has 1 unspecified atom stereocenters. The molecule has 1 aromatic carbocycles. The zero-order valence-electron chi connectivity index (χ0n) is 14.0. The predicted octanol–water partition coefficient (Wildman–Crippen LogP) is 1.51. The number of halogens is 3. The van der Waals surface area contributed by atoms with Gasteiger partial charge in [-0.25, -0.2) is 4.79 Å². The maximum absolute atomic E-state index is 11.4. The molecule has 1 rings (SSSR count). The third-order valence-electron chi connectivity index (χ3n) is 2.65. The van der Waals surface area contributed by atoms with Gasteiger partial charge in [0.05, 0.1) is 34.3 Å². The summed E-state index contributed by atoms with van der Waals surface area (Å²) in [5.74, 6) is -2.92. The Morgan fingerprint density at radius 3 is 1.48 bits per heavy atom. The monoisotopic (exact) mass is 719 g/mol. The minimum Gasteiger partial charge on any atom is -0.480 e. The highest BCUT2D eigenvalue weighted by Gasteiger charge is 2.25. The molecule has 2 amide bonds. The Hall–Kier alpha value is -0.790. The van der Waals surface area contributed by atoms with E-state index in [0.717, 1.165) is 0 Å². The summed E-state index contributed by atoms with van der Waals surface area (Å²) in [5, 5.41) is 30.4. The first kappa shape index (κ1) is 26.2. The van der Waals surface area contributed by atoms with Crippen LogP contribution in [0.4, 0.5) is 11.4 Å². The highest BCUT2D eigenvalue weighted by Crippen LogP contribution is 2.38. The maximum atomic E-state index is 11.4. The second-order valence-corrected chi connectivity index (χ2v) is 8.10. The van der Waals surface area contributed by atoms with E-state index in [-0.39, 0.29) is 17.4 Å². The van der Waals surface area contributed by atoms with Crippen LogP contribution in [0, 0.1) is 10.7 Å². The van der Waals surface area contributed by atoms with Gasteiger partial charge in [-0.1, -0.05) is 0 Å². The fraction of sp³-hybridized carbons (Fsp3) is 0.286. The standard InChI is InChI=1S/C11H9I3N2O4.C3H7NO3/c1-3(17)15-9-6(12)5(11(19)20)7(13)10(8(9)14)16-4(2)18;4-2(1-5)3(6)7/h1-2H3,(H,15,17)(H,16,18)(H,19,20);2,5H,1,4H2,(H,6,7). The molecular formula is C14H16I3N3O7. The van der Waals surface area contributed by atoms with Gasteiger partial charge in [0.25, 0.3) is 0 Å². The number of aromatic carboxylic acids is 1. The number of hydrogen-bond acceptors (Lipinski definition) is 6. The summed E-state index contributed by atoms with van der Waals surface area (Å²) in [5.41, 5.74) is 5.60. The zero-order valence-corrected chi connectivity index (χ0v) is 20.4. The molecule has 13 heteroatoms. The lowest BCUT2D eigenvalue weighted by Gasteiger charge is -2.17. The number of rotatable bonds is 5. The van der Waals surface area contributed by atoms with E-state index < -0.39 is 24.6 Å². The Balaban J connectivity index is 0.000000821. The van der Waals surface area contributed by atoms with E-state index in [1.54, 1.807) is 0 Å². The molecule has 0 spiro atoms. The van der Waals surface area contributed by atoms with Crippen molar-refractivity contribution in [1.82, 2.24) is 0 Å². The van der Waals surface area contributed by atoms with Crippen molar-refractivity contribution in [3.05, 3.63) is 16.3 Å². The molecule has 0 bridgehead atoms. The van der Waals surface area contributed by atoms with E-state index in [2.05, 4.69) is 10.6 Å². The number of nitrogens with one attached hydrogen (secondary N) is 2. The van der Waals surface area contributed by atoms with Gasteiger partial charge in [0.2, 0.25) is 11.8 Å². The first-order chi connectivity index (χ1) is 12.3. The van der Waals surface area contributed by atoms with Crippen LogP contribution in [0.25, 0.3) is 0 Å². The summed E-state index contributed by atoms with van der Waals surface area (Å²) in [6, 6.07) is -1.13. The normalized spacial score (nSPS) is 10.9. The lowest BCUT2D eigenvalue weighted by Crippen LogP contribution is -2.33. The van der Waals surface area contributed by atoms with E-state index in [1.165, 1.54) is 13.8 Å². The van der Waals surface area contributed by atoms with E-state index in [0.29, 0.717) is 22.1 Å². The van der Waals surface area contributed by atoms with Gasteiger partial charge in [0, 0.05) is 13.8 Å². The molecule has 1 atom stereocenters. The quantitative estimate of drug-likeness (QED) is 0.248. The molecule has 0 aliphatic rings. The topological polar surface area (TPSA) is 179 Å². The first-order valence-corrected chi connectivity index (χ1v) is 10.2. The second kappa shape index (κ2) is 11.9. The Labute approximate surface area is 195 Å². The fourth-order valence-corrected chi connectivity index (χ4v) is 5.67. The number of carboxylic acid groups (broad SMARTS) is 2. The molecule has 0 aliphatic heterocycles. The largest absolute Gasteiger partial charge is 0.480 e. The van der Waals surface area contributed by atoms with Crippen LogP contribution in [-0.2, 0) is 14.4 Å². The molecule has 0 fully saturated rings. The SMILES string of the molecule is CC(=O)Nc1c(I)c(NC(C)=O)c(I)c(C(=O)O)c1I.NC(CO)C(=O)O. The summed E-state index contributed by atoms with van der Waals surface area (Å²) in [4.78, 5) is 43.6.